The van der Waals surface area contributed by atoms with E-state index in [1.807, 2.05) is 42.5 Å². The summed E-state index contributed by atoms with van der Waals surface area (Å²) in [5, 5.41) is 29.1. The third kappa shape index (κ3) is 4.58. The van der Waals surface area contributed by atoms with E-state index < -0.39 is 0 Å². The Hall–Kier alpha value is -4.60. The molecule has 1 aliphatic carbocycles. The average Bonchev–Trinajstić information content (AvgIpc) is 3.33. The van der Waals surface area contributed by atoms with E-state index >= 15 is 0 Å². The number of aryl methyl sites for hydroxylation is 1. The highest BCUT2D eigenvalue weighted by Gasteiger charge is 2.27. The number of nitrogens with zero attached hydrogens (tertiary/aromatic N) is 5. The molecule has 0 amide bonds. The summed E-state index contributed by atoms with van der Waals surface area (Å²) < 4.78 is 18.0. The number of ether oxygens (including phenoxy) is 2. The third-order valence-electron chi connectivity index (χ3n) is 5.65. The van der Waals surface area contributed by atoms with Crippen LogP contribution in [0.4, 0.5) is 0 Å². The summed E-state index contributed by atoms with van der Waals surface area (Å²) in [6.07, 6.45) is 9.31. The van der Waals surface area contributed by atoms with E-state index in [1.165, 1.54) is 4.68 Å². The van der Waals surface area contributed by atoms with Crippen molar-refractivity contribution in [1.82, 2.24) is 20.0 Å². The number of nitrogens with one attached hydrogen (secondary N) is 2. The molecule has 0 spiro atoms. The quantitative estimate of drug-likeness (QED) is 0.420. The highest BCUT2D eigenvalue weighted by atomic mass is 16.5. The Morgan fingerprint density at radius 2 is 1.91 bits per heavy atom. The van der Waals surface area contributed by atoms with Crippen molar-refractivity contribution < 1.29 is 13.9 Å². The smallest absolute Gasteiger partial charge is 0.247 e. The zero-order valence-corrected chi connectivity index (χ0v) is 19.2. The molecule has 35 heavy (non-hydrogen) atoms. The first kappa shape index (κ1) is 22.2. The van der Waals surface area contributed by atoms with Gasteiger partial charge in [0.25, 0.3) is 0 Å². The number of benzene rings is 1. The van der Waals surface area contributed by atoms with Gasteiger partial charge < -0.3 is 13.9 Å². The van der Waals surface area contributed by atoms with Crippen LogP contribution in [-0.2, 0) is 9.47 Å². The molecule has 1 aromatic carbocycles. The Kier molecular flexibility index (Phi) is 5.92. The summed E-state index contributed by atoms with van der Waals surface area (Å²) in [6.45, 7) is 1.70. The average molecular weight is 470 g/mol. The standard InChI is InChI=1S/C25H23N7O3/c1-15-29-30-25(35-15)17-5-3-16(4-6-17)20-9-10-23(26)32(31-20)24(27)14-34-22-11-12-28-21-13-18(33-2)7-8-19(21)22/h3-13,19,21,26-27H,14H2,1-2H3. The number of methoxy groups -OCH3 is 1. The lowest BCUT2D eigenvalue weighted by molar-refractivity contribution is 0.216. The second kappa shape index (κ2) is 9.34. The van der Waals surface area contributed by atoms with Crippen LogP contribution in [0.1, 0.15) is 5.89 Å². The molecule has 5 rings (SSSR count). The third-order valence-corrected chi connectivity index (χ3v) is 5.65. The summed E-state index contributed by atoms with van der Waals surface area (Å²) in [7, 11) is 1.62. The first-order valence-electron chi connectivity index (χ1n) is 11.0. The first-order chi connectivity index (χ1) is 17.0. The van der Waals surface area contributed by atoms with Gasteiger partial charge in [-0.15, -0.1) is 10.2 Å². The summed E-state index contributed by atoms with van der Waals surface area (Å²) in [5.41, 5.74) is 2.33. The van der Waals surface area contributed by atoms with Crippen LogP contribution >= 0.6 is 0 Å². The van der Waals surface area contributed by atoms with Gasteiger partial charge in [-0.1, -0.05) is 18.2 Å². The Balaban J connectivity index is 1.30. The van der Waals surface area contributed by atoms with Crippen LogP contribution in [0.2, 0.25) is 0 Å². The van der Waals surface area contributed by atoms with E-state index in [1.54, 1.807) is 38.5 Å². The van der Waals surface area contributed by atoms with Gasteiger partial charge >= 0.3 is 0 Å². The van der Waals surface area contributed by atoms with Crippen molar-refractivity contribution >= 4 is 12.1 Å². The molecular formula is C25H23N7O3. The lowest BCUT2D eigenvalue weighted by Gasteiger charge is -2.27. The van der Waals surface area contributed by atoms with Crippen LogP contribution in [0.5, 0.6) is 0 Å². The minimum absolute atomic E-state index is 0.0416. The number of fused-ring (bicyclic) bond motifs is 1. The zero-order valence-electron chi connectivity index (χ0n) is 19.2. The number of aliphatic imine (C=N–C) groups is 1. The Morgan fingerprint density at radius 3 is 2.66 bits per heavy atom. The maximum absolute atomic E-state index is 8.51. The molecule has 3 aromatic rings. The molecule has 2 N–H and O–H groups in total. The monoisotopic (exact) mass is 469 g/mol. The van der Waals surface area contributed by atoms with E-state index in [-0.39, 0.29) is 29.9 Å². The summed E-state index contributed by atoms with van der Waals surface area (Å²) in [4.78, 5) is 4.47. The lowest BCUT2D eigenvalue weighted by atomic mass is 9.91. The maximum Gasteiger partial charge on any atom is 0.247 e. The van der Waals surface area contributed by atoms with Crippen molar-refractivity contribution in [1.29, 1.82) is 10.8 Å². The molecule has 2 unspecified atom stereocenters. The van der Waals surface area contributed by atoms with Crippen molar-refractivity contribution in [2.24, 2.45) is 10.9 Å². The zero-order chi connectivity index (χ0) is 24.4. The van der Waals surface area contributed by atoms with Crippen LogP contribution in [0, 0.1) is 23.7 Å². The van der Waals surface area contributed by atoms with Crippen LogP contribution < -0.4 is 5.49 Å². The van der Waals surface area contributed by atoms with Gasteiger partial charge in [-0.3, -0.25) is 15.8 Å². The van der Waals surface area contributed by atoms with Crippen molar-refractivity contribution in [3.8, 4) is 22.7 Å². The molecule has 0 radical (unpaired) electrons. The SMILES string of the molecule is COC1=CC2N=CC=C(OCC(=N)n3nc(-c4ccc(-c5nnc(C)o5)cc4)ccc3=N)C2C=C1. The molecule has 0 bridgehead atoms. The number of aromatic nitrogens is 4. The van der Waals surface area contributed by atoms with Gasteiger partial charge in [0.1, 0.15) is 23.6 Å². The van der Waals surface area contributed by atoms with Gasteiger partial charge in [0, 0.05) is 24.3 Å². The molecule has 0 saturated heterocycles. The fourth-order valence-electron chi connectivity index (χ4n) is 3.84. The minimum atomic E-state index is -0.107. The summed E-state index contributed by atoms with van der Waals surface area (Å²) >= 11 is 0. The van der Waals surface area contributed by atoms with Crippen molar-refractivity contribution in [3.05, 3.63) is 83.6 Å². The molecule has 1 aliphatic heterocycles. The van der Waals surface area contributed by atoms with Crippen molar-refractivity contribution in [3.63, 3.8) is 0 Å². The second-order valence-electron chi connectivity index (χ2n) is 7.97. The minimum Gasteiger partial charge on any atom is -0.497 e. The number of allylic oxidation sites excluding steroid dienone is 2. The molecule has 10 nitrogen and oxygen atoms in total. The highest BCUT2D eigenvalue weighted by Crippen LogP contribution is 2.29. The fourth-order valence-corrected chi connectivity index (χ4v) is 3.84. The Morgan fingerprint density at radius 1 is 1.11 bits per heavy atom. The molecule has 3 heterocycles. The van der Waals surface area contributed by atoms with Gasteiger partial charge in [0.05, 0.1) is 24.8 Å². The van der Waals surface area contributed by atoms with Crippen LogP contribution in [0.15, 0.2) is 81.6 Å². The Labute approximate surface area is 201 Å². The number of dihydropyridines is 1. The van der Waals surface area contributed by atoms with Gasteiger partial charge in [-0.2, -0.15) is 9.78 Å². The largest absolute Gasteiger partial charge is 0.497 e. The Bertz CT molecular complexity index is 1440. The molecule has 0 fully saturated rings. The van der Waals surface area contributed by atoms with Gasteiger partial charge in [0.2, 0.25) is 11.8 Å². The molecule has 2 atom stereocenters. The lowest BCUT2D eigenvalue weighted by Crippen LogP contribution is -2.33. The summed E-state index contributed by atoms with van der Waals surface area (Å²) in [6, 6.07) is 10.7. The molecular weight excluding hydrogens is 446 g/mol. The first-order valence-corrected chi connectivity index (χ1v) is 11.0. The van der Waals surface area contributed by atoms with Crippen LogP contribution in [-0.4, -0.2) is 51.8 Å². The van der Waals surface area contributed by atoms with Crippen molar-refractivity contribution in [2.45, 2.75) is 13.0 Å². The van der Waals surface area contributed by atoms with E-state index in [2.05, 4.69) is 20.3 Å². The van der Waals surface area contributed by atoms with E-state index in [9.17, 15) is 0 Å². The molecule has 0 saturated carbocycles. The predicted octanol–water partition coefficient (Wildman–Crippen LogP) is 3.28. The van der Waals surface area contributed by atoms with Gasteiger partial charge in [0.15, 0.2) is 5.84 Å². The van der Waals surface area contributed by atoms with Crippen molar-refractivity contribution in [2.75, 3.05) is 13.7 Å². The number of hydrogen-bond acceptors (Lipinski definition) is 9. The van der Waals surface area contributed by atoms with Gasteiger partial charge in [-0.05, 0) is 42.5 Å². The summed E-state index contributed by atoms with van der Waals surface area (Å²) in [5.74, 6) is 2.39. The molecule has 2 aliphatic rings. The molecule has 176 valence electrons. The topological polar surface area (TPSA) is 135 Å². The van der Waals surface area contributed by atoms with Gasteiger partial charge in [-0.25, -0.2) is 0 Å². The molecule has 2 aromatic heterocycles. The van der Waals surface area contributed by atoms with Crippen LogP contribution in [0.25, 0.3) is 22.7 Å². The maximum atomic E-state index is 8.51. The van der Waals surface area contributed by atoms with Crippen LogP contribution in [0.3, 0.4) is 0 Å². The fraction of sp³-hybridized carbons (Fsp3) is 0.200. The number of rotatable bonds is 6. The molecule has 10 heteroatoms. The van der Waals surface area contributed by atoms with E-state index in [0.29, 0.717) is 23.2 Å². The second-order valence-corrected chi connectivity index (χ2v) is 7.97. The van der Waals surface area contributed by atoms with E-state index in [4.69, 9.17) is 24.7 Å². The predicted molar refractivity (Wildman–Crippen MR) is 129 cm³/mol. The number of hydrogen-bond donors (Lipinski definition) is 2. The normalized spacial score (nSPS) is 18.5. The highest BCUT2D eigenvalue weighted by molar-refractivity contribution is 5.82. The van der Waals surface area contributed by atoms with E-state index in [0.717, 1.165) is 16.9 Å².